The normalized spacial score (nSPS) is 15.7. The van der Waals surface area contributed by atoms with E-state index >= 15 is 0 Å². The van der Waals surface area contributed by atoms with Gasteiger partial charge in [0.25, 0.3) is 5.91 Å². The van der Waals surface area contributed by atoms with Gasteiger partial charge in [-0.15, -0.1) is 0 Å². The lowest BCUT2D eigenvalue weighted by Gasteiger charge is -2.12. The van der Waals surface area contributed by atoms with Gasteiger partial charge in [-0.25, -0.2) is 0 Å². The van der Waals surface area contributed by atoms with E-state index in [4.69, 9.17) is 16.3 Å². The van der Waals surface area contributed by atoms with E-state index in [1.54, 1.807) is 18.2 Å². The van der Waals surface area contributed by atoms with Crippen molar-refractivity contribution >= 4 is 17.5 Å². The van der Waals surface area contributed by atoms with Gasteiger partial charge in [0.2, 0.25) is 0 Å². The lowest BCUT2D eigenvalue weighted by Crippen LogP contribution is -2.32. The van der Waals surface area contributed by atoms with E-state index in [0.29, 0.717) is 29.0 Å². The van der Waals surface area contributed by atoms with Crippen LogP contribution in [-0.4, -0.2) is 18.6 Å². The Morgan fingerprint density at radius 2 is 2.17 bits per heavy atom. The third kappa shape index (κ3) is 3.16. The first kappa shape index (κ1) is 13.2. The van der Waals surface area contributed by atoms with Crippen LogP contribution in [0.5, 0.6) is 5.75 Å². The third-order valence-electron chi connectivity index (χ3n) is 3.18. The van der Waals surface area contributed by atoms with Gasteiger partial charge in [0.1, 0.15) is 5.75 Å². The van der Waals surface area contributed by atoms with Crippen molar-refractivity contribution in [3.8, 4) is 5.75 Å². The summed E-state index contributed by atoms with van der Waals surface area (Å²) < 4.78 is 5.34. The Kier molecular flexibility index (Phi) is 4.48. The fraction of sp³-hybridized carbons (Fsp3) is 0.500. The molecule has 0 unspecified atom stereocenters. The highest BCUT2D eigenvalue weighted by Gasteiger charge is 2.18. The van der Waals surface area contributed by atoms with Gasteiger partial charge in [-0.2, -0.15) is 0 Å². The second-order valence-electron chi connectivity index (χ2n) is 4.53. The summed E-state index contributed by atoms with van der Waals surface area (Å²) in [5.74, 6) is 0.573. The summed E-state index contributed by atoms with van der Waals surface area (Å²) in [6.07, 6.45) is 4.57. The minimum atomic E-state index is -0.0492. The fourth-order valence-electron chi connectivity index (χ4n) is 2.25. The fourth-order valence-corrected chi connectivity index (χ4v) is 2.49. The van der Waals surface area contributed by atoms with Gasteiger partial charge in [0.05, 0.1) is 11.6 Å². The lowest BCUT2D eigenvalue weighted by molar-refractivity contribution is 0.0938. The summed E-state index contributed by atoms with van der Waals surface area (Å²) in [5, 5.41) is 3.52. The van der Waals surface area contributed by atoms with Gasteiger partial charge in [0.15, 0.2) is 0 Å². The molecule has 1 aromatic carbocycles. The molecule has 1 amide bonds. The zero-order valence-electron chi connectivity index (χ0n) is 10.5. The molecule has 1 N–H and O–H groups in total. The van der Waals surface area contributed by atoms with Gasteiger partial charge < -0.3 is 10.1 Å². The molecule has 0 spiro atoms. The van der Waals surface area contributed by atoms with Crippen molar-refractivity contribution in [2.45, 2.75) is 38.6 Å². The highest BCUT2D eigenvalue weighted by atomic mass is 35.5. The van der Waals surface area contributed by atoms with Gasteiger partial charge in [-0.3, -0.25) is 4.79 Å². The van der Waals surface area contributed by atoms with Crippen LogP contribution in [0, 0.1) is 0 Å². The molecule has 2 rings (SSSR count). The summed E-state index contributed by atoms with van der Waals surface area (Å²) >= 11 is 6.06. The average molecular weight is 268 g/mol. The van der Waals surface area contributed by atoms with E-state index in [1.807, 2.05) is 6.92 Å². The minimum Gasteiger partial charge on any atom is -0.492 e. The van der Waals surface area contributed by atoms with Crippen molar-refractivity contribution in [3.05, 3.63) is 28.8 Å². The molecule has 1 aliphatic carbocycles. The number of hydrogen-bond donors (Lipinski definition) is 1. The van der Waals surface area contributed by atoms with Gasteiger partial charge in [0, 0.05) is 11.6 Å². The van der Waals surface area contributed by atoms with Crippen molar-refractivity contribution in [1.82, 2.24) is 5.32 Å². The molecular weight excluding hydrogens is 250 g/mol. The van der Waals surface area contributed by atoms with Crippen LogP contribution in [0.2, 0.25) is 5.02 Å². The number of nitrogens with one attached hydrogen (secondary N) is 1. The Morgan fingerprint density at radius 1 is 1.44 bits per heavy atom. The molecule has 0 bridgehead atoms. The Bertz CT molecular complexity index is 428. The molecule has 4 heteroatoms. The summed E-state index contributed by atoms with van der Waals surface area (Å²) in [5.41, 5.74) is 0.593. The number of amides is 1. The maximum absolute atomic E-state index is 12.0. The Hall–Kier alpha value is -1.22. The van der Waals surface area contributed by atoms with Crippen LogP contribution in [0.4, 0.5) is 0 Å². The largest absolute Gasteiger partial charge is 0.492 e. The van der Waals surface area contributed by atoms with Crippen LogP contribution in [0.3, 0.4) is 0 Å². The van der Waals surface area contributed by atoms with Crippen molar-refractivity contribution in [2.24, 2.45) is 0 Å². The Labute approximate surface area is 112 Å². The summed E-state index contributed by atoms with van der Waals surface area (Å²) in [6.45, 7) is 2.46. The van der Waals surface area contributed by atoms with Crippen LogP contribution in [0.1, 0.15) is 43.0 Å². The quantitative estimate of drug-likeness (QED) is 0.908. The zero-order valence-corrected chi connectivity index (χ0v) is 11.3. The number of halogens is 1. The SMILES string of the molecule is CCOc1ccc(C(=O)NC2CCCC2)cc1Cl. The molecule has 3 nitrogen and oxygen atoms in total. The van der Waals surface area contributed by atoms with Crippen LogP contribution in [0.25, 0.3) is 0 Å². The van der Waals surface area contributed by atoms with E-state index in [9.17, 15) is 4.79 Å². The Balaban J connectivity index is 2.03. The zero-order chi connectivity index (χ0) is 13.0. The van der Waals surface area contributed by atoms with E-state index in [0.717, 1.165) is 12.8 Å². The second-order valence-corrected chi connectivity index (χ2v) is 4.94. The molecule has 0 heterocycles. The van der Waals surface area contributed by atoms with Crippen LogP contribution >= 0.6 is 11.6 Å². The van der Waals surface area contributed by atoms with E-state index in [1.165, 1.54) is 12.8 Å². The van der Waals surface area contributed by atoms with Crippen LogP contribution in [-0.2, 0) is 0 Å². The molecule has 0 atom stereocenters. The van der Waals surface area contributed by atoms with Crippen molar-refractivity contribution < 1.29 is 9.53 Å². The monoisotopic (exact) mass is 267 g/mol. The van der Waals surface area contributed by atoms with Gasteiger partial charge in [-0.05, 0) is 38.0 Å². The predicted octanol–water partition coefficient (Wildman–Crippen LogP) is 3.41. The molecule has 98 valence electrons. The maximum atomic E-state index is 12.0. The number of rotatable bonds is 4. The average Bonchev–Trinajstić information content (AvgIpc) is 2.84. The highest BCUT2D eigenvalue weighted by Crippen LogP contribution is 2.26. The standard InChI is InChI=1S/C14H18ClNO2/c1-2-18-13-8-7-10(9-12(13)15)14(17)16-11-5-3-4-6-11/h7-9,11H,2-6H2,1H3,(H,16,17). The maximum Gasteiger partial charge on any atom is 0.251 e. The van der Waals surface area contributed by atoms with Gasteiger partial charge in [-0.1, -0.05) is 24.4 Å². The molecule has 1 saturated carbocycles. The molecule has 0 aromatic heterocycles. The number of hydrogen-bond acceptors (Lipinski definition) is 2. The molecular formula is C14H18ClNO2. The topological polar surface area (TPSA) is 38.3 Å². The van der Waals surface area contributed by atoms with Crippen molar-refractivity contribution in [2.75, 3.05) is 6.61 Å². The number of carbonyl (C=O) groups is 1. The minimum absolute atomic E-state index is 0.0492. The van der Waals surface area contributed by atoms with Crippen molar-refractivity contribution in [3.63, 3.8) is 0 Å². The van der Waals surface area contributed by atoms with E-state index in [-0.39, 0.29) is 5.91 Å². The number of benzene rings is 1. The molecule has 1 fully saturated rings. The van der Waals surface area contributed by atoms with Crippen LogP contribution in [0.15, 0.2) is 18.2 Å². The smallest absolute Gasteiger partial charge is 0.251 e. The number of carbonyl (C=O) groups excluding carboxylic acids is 1. The lowest BCUT2D eigenvalue weighted by atomic mass is 10.1. The molecule has 0 saturated heterocycles. The summed E-state index contributed by atoms with van der Waals surface area (Å²) in [6, 6.07) is 5.48. The third-order valence-corrected chi connectivity index (χ3v) is 3.48. The molecule has 0 aliphatic heterocycles. The van der Waals surface area contributed by atoms with E-state index in [2.05, 4.69) is 5.32 Å². The molecule has 1 aromatic rings. The first-order chi connectivity index (χ1) is 8.70. The first-order valence-corrected chi connectivity index (χ1v) is 6.81. The summed E-state index contributed by atoms with van der Waals surface area (Å²) in [4.78, 5) is 12.0. The summed E-state index contributed by atoms with van der Waals surface area (Å²) in [7, 11) is 0. The first-order valence-electron chi connectivity index (χ1n) is 6.44. The van der Waals surface area contributed by atoms with Crippen LogP contribution < -0.4 is 10.1 Å². The number of ether oxygens (including phenoxy) is 1. The predicted molar refractivity (Wildman–Crippen MR) is 72.3 cm³/mol. The van der Waals surface area contributed by atoms with Crippen molar-refractivity contribution in [1.29, 1.82) is 0 Å². The Morgan fingerprint density at radius 3 is 2.78 bits per heavy atom. The molecule has 0 radical (unpaired) electrons. The second kappa shape index (κ2) is 6.10. The molecule has 1 aliphatic rings. The molecule has 18 heavy (non-hydrogen) atoms. The highest BCUT2D eigenvalue weighted by molar-refractivity contribution is 6.32. The van der Waals surface area contributed by atoms with E-state index < -0.39 is 0 Å². The van der Waals surface area contributed by atoms with Gasteiger partial charge >= 0.3 is 0 Å².